The van der Waals surface area contributed by atoms with Gasteiger partial charge in [-0.1, -0.05) is 31.3 Å². The molecule has 0 spiro atoms. The van der Waals surface area contributed by atoms with Gasteiger partial charge in [0.15, 0.2) is 16.6 Å². The number of halogens is 1. The van der Waals surface area contributed by atoms with Crippen LogP contribution in [0.3, 0.4) is 0 Å². The summed E-state index contributed by atoms with van der Waals surface area (Å²) in [5.41, 5.74) is 3.80. The second-order valence-corrected chi connectivity index (χ2v) is 8.75. The van der Waals surface area contributed by atoms with Gasteiger partial charge in [-0.25, -0.2) is 4.98 Å². The molecule has 2 heterocycles. The fourth-order valence-electron chi connectivity index (χ4n) is 3.66. The van der Waals surface area contributed by atoms with Crippen molar-refractivity contribution in [1.29, 1.82) is 0 Å². The Morgan fingerprint density at radius 2 is 1.69 bits per heavy atom. The van der Waals surface area contributed by atoms with Gasteiger partial charge in [0.1, 0.15) is 13.2 Å². The third-order valence-electron chi connectivity index (χ3n) is 5.81. The highest BCUT2D eigenvalue weighted by atomic mass is 35.5. The molecule has 0 unspecified atom stereocenters. The predicted octanol–water partition coefficient (Wildman–Crippen LogP) is 5.09. The van der Waals surface area contributed by atoms with E-state index >= 15 is 0 Å². The summed E-state index contributed by atoms with van der Waals surface area (Å²) in [5, 5.41) is 0.702. The highest BCUT2D eigenvalue weighted by Gasteiger charge is 2.23. The van der Waals surface area contributed by atoms with Gasteiger partial charge in [0.25, 0.3) is 5.91 Å². The third kappa shape index (κ3) is 5.00. The van der Waals surface area contributed by atoms with Crippen LogP contribution < -0.4 is 14.4 Å². The molecule has 3 aromatic rings. The number of carbonyl (C=O) groups is 1. The first-order chi connectivity index (χ1) is 15.0. The SMILES string of the molecule is CCN(CC)CCN(C(=O)c1ccc(C)c(C)c1)c1nc2cc3c(cc2s1)OCCO3.Cl. The molecule has 2 aromatic carbocycles. The first kappa shape index (κ1) is 24.3. The van der Waals surface area contributed by atoms with Crippen LogP contribution in [0.2, 0.25) is 0 Å². The summed E-state index contributed by atoms with van der Waals surface area (Å²) in [4.78, 5) is 22.5. The molecule has 4 rings (SSSR count). The average Bonchev–Trinajstić information content (AvgIpc) is 3.19. The number of rotatable bonds is 7. The lowest BCUT2D eigenvalue weighted by molar-refractivity contribution is 0.0983. The Balaban J connectivity index is 0.00000289. The molecule has 0 saturated carbocycles. The van der Waals surface area contributed by atoms with Crippen molar-refractivity contribution in [2.45, 2.75) is 27.7 Å². The lowest BCUT2D eigenvalue weighted by atomic mass is 10.1. The standard InChI is InChI=1S/C24H29N3O3S.ClH/c1-5-26(6-2)9-10-27(23(28)18-8-7-16(3)17(4)13-18)24-25-19-14-20-21(15-22(19)31-24)30-12-11-29-20;/h7-8,13-15H,5-6,9-12H2,1-4H3;1H. The zero-order valence-corrected chi connectivity index (χ0v) is 20.6. The van der Waals surface area contributed by atoms with E-state index in [1.807, 2.05) is 42.2 Å². The van der Waals surface area contributed by atoms with E-state index in [4.69, 9.17) is 14.5 Å². The van der Waals surface area contributed by atoms with Crippen LogP contribution in [0.15, 0.2) is 30.3 Å². The Morgan fingerprint density at radius 3 is 2.34 bits per heavy atom. The topological polar surface area (TPSA) is 54.9 Å². The maximum atomic E-state index is 13.6. The van der Waals surface area contributed by atoms with Crippen LogP contribution in [0.1, 0.15) is 35.3 Å². The van der Waals surface area contributed by atoms with Crippen molar-refractivity contribution in [2.75, 3.05) is 44.3 Å². The van der Waals surface area contributed by atoms with E-state index in [2.05, 4.69) is 25.7 Å². The van der Waals surface area contributed by atoms with E-state index in [1.165, 1.54) is 16.9 Å². The van der Waals surface area contributed by atoms with Gasteiger partial charge >= 0.3 is 0 Å². The molecule has 1 amide bonds. The van der Waals surface area contributed by atoms with Crippen LogP contribution in [0, 0.1) is 13.8 Å². The number of ether oxygens (including phenoxy) is 2. The van der Waals surface area contributed by atoms with Crippen molar-refractivity contribution in [3.63, 3.8) is 0 Å². The molecule has 8 heteroatoms. The largest absolute Gasteiger partial charge is 0.486 e. The van der Waals surface area contributed by atoms with Crippen LogP contribution >= 0.6 is 23.7 Å². The summed E-state index contributed by atoms with van der Waals surface area (Å²) in [7, 11) is 0. The Kier molecular flexibility index (Phi) is 7.98. The number of aryl methyl sites for hydroxylation is 2. The number of fused-ring (bicyclic) bond motifs is 2. The van der Waals surface area contributed by atoms with Crippen molar-refractivity contribution < 1.29 is 14.3 Å². The number of likely N-dealkylation sites (N-methyl/N-ethyl adjacent to an activating group) is 1. The van der Waals surface area contributed by atoms with Gasteiger partial charge < -0.3 is 14.4 Å². The number of hydrogen-bond donors (Lipinski definition) is 0. The number of amides is 1. The minimum atomic E-state index is -0.0217. The summed E-state index contributed by atoms with van der Waals surface area (Å²) in [5.74, 6) is 1.43. The molecule has 1 aliphatic heterocycles. The average molecular weight is 476 g/mol. The fraction of sp³-hybridized carbons (Fsp3) is 0.417. The Hall–Kier alpha value is -2.35. The lowest BCUT2D eigenvalue weighted by Crippen LogP contribution is -2.38. The summed E-state index contributed by atoms with van der Waals surface area (Å²) in [6.45, 7) is 12.7. The molecule has 6 nitrogen and oxygen atoms in total. The highest BCUT2D eigenvalue weighted by Crippen LogP contribution is 2.39. The number of nitrogens with zero attached hydrogens (tertiary/aromatic N) is 3. The number of benzene rings is 2. The molecule has 0 N–H and O–H groups in total. The second kappa shape index (κ2) is 10.5. The van der Waals surface area contributed by atoms with Gasteiger partial charge in [0.2, 0.25) is 0 Å². The van der Waals surface area contributed by atoms with E-state index < -0.39 is 0 Å². The van der Waals surface area contributed by atoms with Crippen LogP contribution in [0.5, 0.6) is 11.5 Å². The van der Waals surface area contributed by atoms with Crippen molar-refractivity contribution in [3.05, 3.63) is 47.0 Å². The molecule has 0 fully saturated rings. The normalized spacial score (nSPS) is 12.7. The zero-order chi connectivity index (χ0) is 22.0. The van der Waals surface area contributed by atoms with Gasteiger partial charge in [-0.3, -0.25) is 9.69 Å². The summed E-state index contributed by atoms with van der Waals surface area (Å²) >= 11 is 1.52. The van der Waals surface area contributed by atoms with Gasteiger partial charge in [0, 0.05) is 30.8 Å². The number of anilines is 1. The molecule has 0 bridgehead atoms. The molecule has 32 heavy (non-hydrogen) atoms. The van der Waals surface area contributed by atoms with Gasteiger partial charge in [-0.05, 0) is 50.2 Å². The Bertz CT molecular complexity index is 1050. The quantitative estimate of drug-likeness (QED) is 0.476. The van der Waals surface area contributed by atoms with Gasteiger partial charge in [-0.15, -0.1) is 12.4 Å². The molecule has 0 atom stereocenters. The molecular weight excluding hydrogens is 446 g/mol. The van der Waals surface area contributed by atoms with Crippen molar-refractivity contribution in [1.82, 2.24) is 9.88 Å². The minimum absolute atomic E-state index is 0. The van der Waals surface area contributed by atoms with Crippen LogP contribution in [0.25, 0.3) is 10.2 Å². The third-order valence-corrected chi connectivity index (χ3v) is 6.85. The zero-order valence-electron chi connectivity index (χ0n) is 19.0. The first-order valence-electron chi connectivity index (χ1n) is 10.8. The maximum absolute atomic E-state index is 13.6. The van der Waals surface area contributed by atoms with E-state index in [-0.39, 0.29) is 18.3 Å². The highest BCUT2D eigenvalue weighted by molar-refractivity contribution is 7.22. The molecule has 0 radical (unpaired) electrons. The summed E-state index contributed by atoms with van der Waals surface area (Å²) in [6.07, 6.45) is 0. The number of thiazole rings is 1. The van der Waals surface area contributed by atoms with Crippen molar-refractivity contribution in [2.24, 2.45) is 0 Å². The molecule has 172 valence electrons. The summed E-state index contributed by atoms with van der Waals surface area (Å²) < 4.78 is 12.4. The molecule has 0 aliphatic carbocycles. The summed E-state index contributed by atoms with van der Waals surface area (Å²) in [6, 6.07) is 9.76. The van der Waals surface area contributed by atoms with Gasteiger partial charge in [0.05, 0.1) is 10.2 Å². The predicted molar refractivity (Wildman–Crippen MR) is 133 cm³/mol. The molecular formula is C24H30ClN3O3S. The van der Waals surface area contributed by atoms with Crippen LogP contribution in [-0.2, 0) is 0 Å². The number of carbonyl (C=O) groups excluding carboxylic acids is 1. The van der Waals surface area contributed by atoms with Gasteiger partial charge in [-0.2, -0.15) is 0 Å². The number of aromatic nitrogens is 1. The molecule has 0 saturated heterocycles. The van der Waals surface area contributed by atoms with Crippen molar-refractivity contribution in [3.8, 4) is 11.5 Å². The second-order valence-electron chi connectivity index (χ2n) is 7.74. The smallest absolute Gasteiger partial charge is 0.260 e. The van der Waals surface area contributed by atoms with E-state index in [0.29, 0.717) is 36.2 Å². The Labute approximate surface area is 199 Å². The van der Waals surface area contributed by atoms with Crippen molar-refractivity contribution >= 4 is 45.0 Å². The first-order valence-corrected chi connectivity index (χ1v) is 11.6. The Morgan fingerprint density at radius 1 is 1.00 bits per heavy atom. The maximum Gasteiger partial charge on any atom is 0.260 e. The van der Waals surface area contributed by atoms with E-state index in [1.54, 1.807) is 0 Å². The monoisotopic (exact) mass is 475 g/mol. The lowest BCUT2D eigenvalue weighted by Gasteiger charge is -2.25. The van der Waals surface area contributed by atoms with Crippen LogP contribution in [0.4, 0.5) is 5.13 Å². The van der Waals surface area contributed by atoms with E-state index in [9.17, 15) is 4.79 Å². The number of hydrogen-bond acceptors (Lipinski definition) is 6. The van der Waals surface area contributed by atoms with Crippen LogP contribution in [-0.4, -0.2) is 55.2 Å². The molecule has 1 aromatic heterocycles. The molecule has 1 aliphatic rings. The minimum Gasteiger partial charge on any atom is -0.486 e. The van der Waals surface area contributed by atoms with E-state index in [0.717, 1.165) is 41.2 Å². The fourth-order valence-corrected chi connectivity index (χ4v) is 4.66.